The van der Waals surface area contributed by atoms with E-state index in [1.807, 2.05) is 6.92 Å². The molecule has 2 fully saturated rings. The van der Waals surface area contributed by atoms with E-state index < -0.39 is 49.0 Å². The first-order valence-electron chi connectivity index (χ1n) is 12.9. The van der Waals surface area contributed by atoms with Crippen LogP contribution in [0.15, 0.2) is 18.2 Å². The van der Waals surface area contributed by atoms with Crippen molar-refractivity contribution in [3.05, 3.63) is 23.8 Å². The number of aryl methyl sites for hydroxylation is 1. The van der Waals surface area contributed by atoms with E-state index in [2.05, 4.69) is 15.6 Å². The van der Waals surface area contributed by atoms with Crippen molar-refractivity contribution in [2.24, 2.45) is 18.7 Å². The molecule has 1 aromatic heterocycles. The summed E-state index contributed by atoms with van der Waals surface area (Å²) < 4.78 is 42.3. The topological polar surface area (TPSA) is 126 Å². The van der Waals surface area contributed by atoms with E-state index in [9.17, 15) is 27.6 Å². The molecular formula is C25H34F3N7O3. The van der Waals surface area contributed by atoms with E-state index in [1.165, 1.54) is 0 Å². The average Bonchev–Trinajstić information content (AvgIpc) is 3.50. The number of hydrogen-bond acceptors (Lipinski definition) is 6. The standard InChI is InChI=1S/C25H34F3N7O3/c1-15-5-3-4-10-34(15)22(36)9-7-18(29)24(38)35-14-17(25(26,27)28)12-21(35)23(37)30-13-16-6-8-20-19(11-16)31-32-33(20)2/h6,8,11,15,17-18,21H,3-5,7,9-10,12-14,29H2,1-2H3,(H,30,37). The molecule has 0 saturated carbocycles. The van der Waals surface area contributed by atoms with Gasteiger partial charge in [0.2, 0.25) is 17.7 Å². The Morgan fingerprint density at radius 3 is 2.68 bits per heavy atom. The number of halogens is 3. The lowest BCUT2D eigenvalue weighted by Crippen LogP contribution is -2.51. The second-order valence-corrected chi connectivity index (χ2v) is 10.3. The number of rotatable bonds is 7. The first-order chi connectivity index (χ1) is 18.0. The number of aromatic nitrogens is 3. The molecule has 0 radical (unpaired) electrons. The minimum atomic E-state index is -4.56. The summed E-state index contributed by atoms with van der Waals surface area (Å²) in [5, 5.41) is 10.6. The fraction of sp³-hybridized carbons (Fsp3) is 0.640. The SMILES string of the molecule is CC1CCCCN1C(=O)CCC(N)C(=O)N1CC(C(F)(F)F)CC1C(=O)NCc1ccc2c(c1)nnn2C. The monoisotopic (exact) mass is 537 g/mol. The smallest absolute Gasteiger partial charge is 0.350 e. The van der Waals surface area contributed by atoms with Gasteiger partial charge in [-0.05, 0) is 56.7 Å². The highest BCUT2D eigenvalue weighted by Crippen LogP contribution is 2.37. The minimum Gasteiger partial charge on any atom is -0.350 e. The van der Waals surface area contributed by atoms with Gasteiger partial charge < -0.3 is 20.9 Å². The van der Waals surface area contributed by atoms with Crippen molar-refractivity contribution in [2.45, 2.75) is 76.3 Å². The summed E-state index contributed by atoms with van der Waals surface area (Å²) in [6.45, 7) is 2.03. The Kier molecular flexibility index (Phi) is 8.24. The molecule has 13 heteroatoms. The van der Waals surface area contributed by atoms with E-state index in [-0.39, 0.29) is 31.3 Å². The van der Waals surface area contributed by atoms with E-state index in [0.717, 1.165) is 29.7 Å². The van der Waals surface area contributed by atoms with Crippen molar-refractivity contribution in [3.63, 3.8) is 0 Å². The van der Waals surface area contributed by atoms with E-state index in [0.29, 0.717) is 17.6 Å². The molecule has 2 aliphatic rings. The Morgan fingerprint density at radius 2 is 1.97 bits per heavy atom. The Bertz CT molecular complexity index is 1180. The molecule has 0 spiro atoms. The zero-order valence-corrected chi connectivity index (χ0v) is 21.6. The van der Waals surface area contributed by atoms with Crippen LogP contribution in [0.25, 0.3) is 11.0 Å². The number of piperidine rings is 1. The normalized spacial score (nSPS) is 23.1. The van der Waals surface area contributed by atoms with Crippen molar-refractivity contribution in [2.75, 3.05) is 13.1 Å². The highest BCUT2D eigenvalue weighted by Gasteiger charge is 2.51. The number of alkyl halides is 3. The number of nitrogens with two attached hydrogens (primary N) is 1. The Morgan fingerprint density at radius 1 is 1.21 bits per heavy atom. The predicted octanol–water partition coefficient (Wildman–Crippen LogP) is 1.87. The Balaban J connectivity index is 1.39. The fourth-order valence-corrected chi connectivity index (χ4v) is 5.30. The molecule has 10 nitrogen and oxygen atoms in total. The molecule has 0 aliphatic carbocycles. The van der Waals surface area contributed by atoms with Crippen LogP contribution in [0.3, 0.4) is 0 Å². The number of fused-ring (bicyclic) bond motifs is 1. The van der Waals surface area contributed by atoms with Crippen LogP contribution in [0.2, 0.25) is 0 Å². The number of benzene rings is 1. The third-order valence-electron chi connectivity index (χ3n) is 7.60. The number of nitrogens with zero attached hydrogens (tertiary/aromatic N) is 5. The van der Waals surface area contributed by atoms with Gasteiger partial charge in [0, 0.05) is 39.1 Å². The van der Waals surface area contributed by atoms with Gasteiger partial charge in [-0.15, -0.1) is 5.10 Å². The molecule has 2 saturated heterocycles. The number of carbonyl (C=O) groups is 3. The summed E-state index contributed by atoms with van der Waals surface area (Å²) in [5.74, 6) is -3.39. The molecule has 4 rings (SSSR count). The molecule has 4 atom stereocenters. The fourth-order valence-electron chi connectivity index (χ4n) is 5.30. The molecule has 2 aliphatic heterocycles. The summed E-state index contributed by atoms with van der Waals surface area (Å²) >= 11 is 0. The molecule has 3 heterocycles. The Labute approximate surface area is 218 Å². The number of amides is 3. The van der Waals surface area contributed by atoms with Gasteiger partial charge in [-0.2, -0.15) is 13.2 Å². The molecule has 1 aromatic carbocycles. The summed E-state index contributed by atoms with van der Waals surface area (Å²) in [7, 11) is 1.74. The molecule has 0 bridgehead atoms. The molecular weight excluding hydrogens is 503 g/mol. The largest absolute Gasteiger partial charge is 0.393 e. The number of carbonyl (C=O) groups excluding carboxylic acids is 3. The van der Waals surface area contributed by atoms with Crippen molar-refractivity contribution in [3.8, 4) is 0 Å². The zero-order valence-electron chi connectivity index (χ0n) is 21.6. The first kappa shape index (κ1) is 27.8. The third kappa shape index (κ3) is 6.08. The lowest BCUT2D eigenvalue weighted by molar-refractivity contribution is -0.171. The van der Waals surface area contributed by atoms with Crippen LogP contribution in [0, 0.1) is 5.92 Å². The van der Waals surface area contributed by atoms with Gasteiger partial charge in [0.05, 0.1) is 17.5 Å². The quantitative estimate of drug-likeness (QED) is 0.556. The van der Waals surface area contributed by atoms with Crippen molar-refractivity contribution >= 4 is 28.8 Å². The molecule has 38 heavy (non-hydrogen) atoms. The maximum absolute atomic E-state index is 13.6. The van der Waals surface area contributed by atoms with Gasteiger partial charge in [-0.25, -0.2) is 4.68 Å². The van der Waals surface area contributed by atoms with E-state index >= 15 is 0 Å². The second-order valence-electron chi connectivity index (χ2n) is 10.3. The average molecular weight is 538 g/mol. The maximum Gasteiger partial charge on any atom is 0.393 e. The van der Waals surface area contributed by atoms with Crippen LogP contribution < -0.4 is 11.1 Å². The summed E-state index contributed by atoms with van der Waals surface area (Å²) in [6.07, 6.45) is -2.20. The minimum absolute atomic E-state index is 0.000531. The van der Waals surface area contributed by atoms with Crippen LogP contribution in [0.5, 0.6) is 0 Å². The molecule has 4 unspecified atom stereocenters. The molecule has 3 N–H and O–H groups in total. The lowest BCUT2D eigenvalue weighted by Gasteiger charge is -2.34. The van der Waals surface area contributed by atoms with Crippen LogP contribution in [-0.4, -0.2) is 79.9 Å². The van der Waals surface area contributed by atoms with Gasteiger partial charge in [0.25, 0.3) is 0 Å². The van der Waals surface area contributed by atoms with E-state index in [4.69, 9.17) is 5.73 Å². The number of likely N-dealkylation sites (tertiary alicyclic amines) is 2. The van der Waals surface area contributed by atoms with Crippen LogP contribution >= 0.6 is 0 Å². The van der Waals surface area contributed by atoms with Crippen molar-refractivity contribution < 1.29 is 27.6 Å². The van der Waals surface area contributed by atoms with E-state index in [1.54, 1.807) is 34.8 Å². The molecule has 2 aromatic rings. The van der Waals surface area contributed by atoms with Gasteiger partial charge >= 0.3 is 6.18 Å². The van der Waals surface area contributed by atoms with Crippen molar-refractivity contribution in [1.82, 2.24) is 30.1 Å². The second kappa shape index (κ2) is 11.3. The van der Waals surface area contributed by atoms with Gasteiger partial charge in [0.1, 0.15) is 11.6 Å². The first-order valence-corrected chi connectivity index (χ1v) is 12.9. The van der Waals surface area contributed by atoms with Gasteiger partial charge in [-0.3, -0.25) is 14.4 Å². The molecule has 208 valence electrons. The predicted molar refractivity (Wildman–Crippen MR) is 132 cm³/mol. The summed E-state index contributed by atoms with van der Waals surface area (Å²) in [6, 6.07) is 2.90. The van der Waals surface area contributed by atoms with Crippen LogP contribution in [0.1, 0.15) is 51.0 Å². The third-order valence-corrected chi connectivity index (χ3v) is 7.60. The summed E-state index contributed by atoms with van der Waals surface area (Å²) in [5.41, 5.74) is 8.16. The molecule has 3 amide bonds. The number of nitrogens with one attached hydrogen (secondary N) is 1. The summed E-state index contributed by atoms with van der Waals surface area (Å²) in [4.78, 5) is 41.5. The Hall–Kier alpha value is -3.22. The van der Waals surface area contributed by atoms with Crippen molar-refractivity contribution in [1.29, 1.82) is 0 Å². The maximum atomic E-state index is 13.6. The van der Waals surface area contributed by atoms with Crippen LogP contribution in [-0.2, 0) is 28.0 Å². The van der Waals surface area contributed by atoms with Gasteiger partial charge in [-0.1, -0.05) is 11.3 Å². The number of hydrogen-bond donors (Lipinski definition) is 2. The zero-order chi connectivity index (χ0) is 27.6. The lowest BCUT2D eigenvalue weighted by atomic mass is 10.0. The highest BCUT2D eigenvalue weighted by molar-refractivity contribution is 5.91. The van der Waals surface area contributed by atoms with Crippen LogP contribution in [0.4, 0.5) is 13.2 Å². The van der Waals surface area contributed by atoms with Gasteiger partial charge in [0.15, 0.2) is 0 Å². The highest BCUT2D eigenvalue weighted by atomic mass is 19.4.